The van der Waals surface area contributed by atoms with Crippen LogP contribution in [0.2, 0.25) is 0 Å². The second-order valence-electron chi connectivity index (χ2n) is 5.46. The fourth-order valence-electron chi connectivity index (χ4n) is 2.36. The average molecular weight is 383 g/mol. The van der Waals surface area contributed by atoms with Crippen molar-refractivity contribution in [2.24, 2.45) is 5.73 Å². The van der Waals surface area contributed by atoms with Gasteiger partial charge >= 0.3 is 0 Å². The van der Waals surface area contributed by atoms with Crippen molar-refractivity contribution >= 4 is 41.2 Å². The molecule has 0 bridgehead atoms. The molecule has 2 aromatic rings. The molecular formula is C17H23ClN4O2S. The Morgan fingerprint density at radius 2 is 1.92 bits per heavy atom. The van der Waals surface area contributed by atoms with Crippen LogP contribution in [0.25, 0.3) is 0 Å². The van der Waals surface area contributed by atoms with E-state index in [4.69, 9.17) is 5.73 Å². The maximum atomic E-state index is 12.5. The molecule has 1 aromatic carbocycles. The molecule has 0 atom stereocenters. The van der Waals surface area contributed by atoms with Gasteiger partial charge in [-0.25, -0.2) is 4.98 Å². The Balaban J connectivity index is 0.00000312. The highest BCUT2D eigenvalue weighted by molar-refractivity contribution is 7.09. The lowest BCUT2D eigenvalue weighted by atomic mass is 10.1. The molecule has 0 saturated heterocycles. The molecule has 2 rings (SSSR count). The van der Waals surface area contributed by atoms with Crippen molar-refractivity contribution in [2.45, 2.75) is 27.3 Å². The molecule has 1 aromatic heterocycles. The van der Waals surface area contributed by atoms with Crippen LogP contribution < -0.4 is 11.1 Å². The number of carbonyl (C=O) groups excluding carboxylic acids is 2. The standard InChI is InChI=1S/C17H22N4O2S.ClH/c1-4-21(17(23)13-10-24-15(8-18)19-13)9-14(22)20-16-11(2)6-5-7-12(16)3;/h5-7,10H,4,8-9,18H2,1-3H3,(H,20,22);1H. The van der Waals surface area contributed by atoms with Crippen LogP contribution in [0.15, 0.2) is 23.6 Å². The summed E-state index contributed by atoms with van der Waals surface area (Å²) in [6.07, 6.45) is 0. The van der Waals surface area contributed by atoms with Crippen molar-refractivity contribution in [3.63, 3.8) is 0 Å². The molecule has 25 heavy (non-hydrogen) atoms. The summed E-state index contributed by atoms with van der Waals surface area (Å²) < 4.78 is 0. The Bertz CT molecular complexity index is 728. The van der Waals surface area contributed by atoms with Gasteiger partial charge in [0.15, 0.2) is 0 Å². The molecule has 8 heteroatoms. The van der Waals surface area contributed by atoms with E-state index >= 15 is 0 Å². The number of thiazole rings is 1. The van der Waals surface area contributed by atoms with E-state index in [0.29, 0.717) is 23.8 Å². The zero-order valence-corrected chi connectivity index (χ0v) is 16.2. The van der Waals surface area contributed by atoms with Crippen molar-refractivity contribution in [1.29, 1.82) is 0 Å². The summed E-state index contributed by atoms with van der Waals surface area (Å²) in [6.45, 7) is 6.43. The minimum atomic E-state index is -0.259. The van der Waals surface area contributed by atoms with Crippen molar-refractivity contribution < 1.29 is 9.59 Å². The normalized spacial score (nSPS) is 10.1. The molecule has 0 radical (unpaired) electrons. The quantitative estimate of drug-likeness (QED) is 0.803. The highest BCUT2D eigenvalue weighted by Gasteiger charge is 2.20. The maximum Gasteiger partial charge on any atom is 0.273 e. The molecule has 0 aliphatic heterocycles. The van der Waals surface area contributed by atoms with Gasteiger partial charge in [-0.1, -0.05) is 18.2 Å². The number of benzene rings is 1. The van der Waals surface area contributed by atoms with Crippen LogP contribution in [-0.2, 0) is 11.3 Å². The van der Waals surface area contributed by atoms with Gasteiger partial charge in [-0.3, -0.25) is 9.59 Å². The molecule has 0 saturated carbocycles. The van der Waals surface area contributed by atoms with Crippen LogP contribution in [0.4, 0.5) is 5.69 Å². The number of anilines is 1. The predicted molar refractivity (Wildman–Crippen MR) is 103 cm³/mol. The van der Waals surface area contributed by atoms with E-state index < -0.39 is 0 Å². The number of nitrogens with one attached hydrogen (secondary N) is 1. The summed E-state index contributed by atoms with van der Waals surface area (Å²) in [7, 11) is 0. The van der Waals surface area contributed by atoms with Gasteiger partial charge in [0.25, 0.3) is 5.91 Å². The SMILES string of the molecule is CCN(CC(=O)Nc1c(C)cccc1C)C(=O)c1csc(CN)n1.Cl. The number of hydrogen-bond donors (Lipinski definition) is 2. The third-order valence-electron chi connectivity index (χ3n) is 3.69. The van der Waals surface area contributed by atoms with Gasteiger partial charge in [0.1, 0.15) is 17.2 Å². The van der Waals surface area contributed by atoms with Gasteiger partial charge in [-0.15, -0.1) is 23.7 Å². The Kier molecular flexibility index (Phi) is 8.02. The Hall–Kier alpha value is -1.96. The second kappa shape index (κ2) is 9.50. The van der Waals surface area contributed by atoms with Crippen molar-refractivity contribution in [2.75, 3.05) is 18.4 Å². The van der Waals surface area contributed by atoms with Gasteiger partial charge < -0.3 is 16.0 Å². The molecule has 6 nitrogen and oxygen atoms in total. The number of aryl methyl sites for hydroxylation is 2. The fourth-order valence-corrected chi connectivity index (χ4v) is 3.00. The summed E-state index contributed by atoms with van der Waals surface area (Å²) in [4.78, 5) is 30.5. The van der Waals surface area contributed by atoms with Crippen LogP contribution in [0.1, 0.15) is 33.5 Å². The van der Waals surface area contributed by atoms with Crippen LogP contribution in [-0.4, -0.2) is 34.8 Å². The maximum absolute atomic E-state index is 12.5. The summed E-state index contributed by atoms with van der Waals surface area (Å²) in [6, 6.07) is 5.82. The number of para-hydroxylation sites is 1. The molecule has 1 heterocycles. The number of rotatable bonds is 6. The first-order valence-electron chi connectivity index (χ1n) is 7.76. The Morgan fingerprint density at radius 3 is 2.44 bits per heavy atom. The topological polar surface area (TPSA) is 88.3 Å². The van der Waals surface area contributed by atoms with E-state index in [2.05, 4.69) is 10.3 Å². The number of amides is 2. The monoisotopic (exact) mass is 382 g/mol. The zero-order valence-electron chi connectivity index (χ0n) is 14.5. The second-order valence-corrected chi connectivity index (χ2v) is 6.41. The van der Waals surface area contributed by atoms with Crippen LogP contribution in [0.3, 0.4) is 0 Å². The molecule has 2 amide bonds. The number of aromatic nitrogens is 1. The Labute approximate surface area is 157 Å². The number of nitrogens with two attached hydrogens (primary N) is 1. The molecule has 3 N–H and O–H groups in total. The summed E-state index contributed by atoms with van der Waals surface area (Å²) in [5, 5.41) is 5.28. The minimum Gasteiger partial charge on any atom is -0.328 e. The van der Waals surface area contributed by atoms with Crippen molar-refractivity contribution in [1.82, 2.24) is 9.88 Å². The number of carbonyl (C=O) groups is 2. The largest absolute Gasteiger partial charge is 0.328 e. The smallest absolute Gasteiger partial charge is 0.273 e. The predicted octanol–water partition coefficient (Wildman–Crippen LogP) is 2.74. The van der Waals surface area contributed by atoms with Crippen LogP contribution in [0.5, 0.6) is 0 Å². The van der Waals surface area contributed by atoms with E-state index in [1.165, 1.54) is 16.2 Å². The van der Waals surface area contributed by atoms with Gasteiger partial charge in [0.05, 0.1) is 0 Å². The first-order valence-corrected chi connectivity index (χ1v) is 8.64. The molecule has 0 aliphatic carbocycles. The number of nitrogens with zero attached hydrogens (tertiary/aromatic N) is 2. The molecule has 0 fully saturated rings. The lowest BCUT2D eigenvalue weighted by molar-refractivity contribution is -0.116. The highest BCUT2D eigenvalue weighted by atomic mass is 35.5. The van der Waals surface area contributed by atoms with Crippen LogP contribution in [0, 0.1) is 13.8 Å². The van der Waals surface area contributed by atoms with Crippen LogP contribution >= 0.6 is 23.7 Å². The molecule has 136 valence electrons. The van der Waals surface area contributed by atoms with E-state index in [9.17, 15) is 9.59 Å². The molecular weight excluding hydrogens is 360 g/mol. The van der Waals surface area contributed by atoms with Crippen molar-refractivity contribution in [3.8, 4) is 0 Å². The molecule has 0 aliphatic rings. The number of halogens is 1. The number of likely N-dealkylation sites (N-methyl/N-ethyl adjacent to an activating group) is 1. The summed E-state index contributed by atoms with van der Waals surface area (Å²) >= 11 is 1.35. The van der Waals surface area contributed by atoms with Gasteiger partial charge in [0, 0.05) is 24.2 Å². The first-order chi connectivity index (χ1) is 11.5. The molecule has 0 unspecified atom stereocenters. The van der Waals surface area contributed by atoms with E-state index in [-0.39, 0.29) is 30.8 Å². The van der Waals surface area contributed by atoms with Crippen molar-refractivity contribution in [3.05, 3.63) is 45.4 Å². The minimum absolute atomic E-state index is 0. The van der Waals surface area contributed by atoms with Gasteiger partial charge in [-0.05, 0) is 31.9 Å². The lowest BCUT2D eigenvalue weighted by Gasteiger charge is -2.20. The zero-order chi connectivity index (χ0) is 17.7. The first kappa shape index (κ1) is 21.1. The molecule has 0 spiro atoms. The lowest BCUT2D eigenvalue weighted by Crippen LogP contribution is -2.38. The third kappa shape index (κ3) is 5.26. The van der Waals surface area contributed by atoms with E-state index in [0.717, 1.165) is 16.8 Å². The van der Waals surface area contributed by atoms with E-state index in [1.807, 2.05) is 39.0 Å². The number of hydrogen-bond acceptors (Lipinski definition) is 5. The van der Waals surface area contributed by atoms with Gasteiger partial charge in [0.2, 0.25) is 5.91 Å². The summed E-state index contributed by atoms with van der Waals surface area (Å²) in [5.74, 6) is -0.484. The average Bonchev–Trinajstić information content (AvgIpc) is 3.04. The highest BCUT2D eigenvalue weighted by Crippen LogP contribution is 2.19. The summed E-state index contributed by atoms with van der Waals surface area (Å²) in [5.41, 5.74) is 8.64. The third-order valence-corrected chi connectivity index (χ3v) is 4.57. The van der Waals surface area contributed by atoms with E-state index in [1.54, 1.807) is 5.38 Å². The fraction of sp³-hybridized carbons (Fsp3) is 0.353. The Morgan fingerprint density at radius 1 is 1.28 bits per heavy atom. The van der Waals surface area contributed by atoms with Gasteiger partial charge in [-0.2, -0.15) is 0 Å².